The molecule has 0 atom stereocenters. The van der Waals surface area contributed by atoms with E-state index in [1.807, 2.05) is 42.5 Å². The number of nitrogens with one attached hydrogen (secondary N) is 2. The lowest BCUT2D eigenvalue weighted by Crippen LogP contribution is -2.34. The van der Waals surface area contributed by atoms with Gasteiger partial charge in [0.25, 0.3) is 5.91 Å². The fraction of sp³-hybridized carbons (Fsp3) is 0.240. The molecule has 3 aromatic rings. The van der Waals surface area contributed by atoms with Gasteiger partial charge in [-0.05, 0) is 73.6 Å². The Hall–Kier alpha value is -3.03. The van der Waals surface area contributed by atoms with Gasteiger partial charge in [0.1, 0.15) is 5.00 Å². The molecule has 1 aromatic heterocycles. The summed E-state index contributed by atoms with van der Waals surface area (Å²) in [6.07, 6.45) is 3.96. The van der Waals surface area contributed by atoms with Gasteiger partial charge in [0.2, 0.25) is 0 Å². The van der Waals surface area contributed by atoms with Crippen LogP contribution in [0.15, 0.2) is 54.6 Å². The molecule has 164 valence electrons. The molecule has 1 aliphatic carbocycles. The topological polar surface area (TPSA) is 67.4 Å². The van der Waals surface area contributed by atoms with Crippen LogP contribution in [0.1, 0.15) is 50.9 Å². The van der Waals surface area contributed by atoms with E-state index < -0.39 is 0 Å². The van der Waals surface area contributed by atoms with Gasteiger partial charge in [-0.3, -0.25) is 10.1 Å². The number of amides is 1. The maximum absolute atomic E-state index is 12.7. The largest absolute Gasteiger partial charge is 0.462 e. The second-order valence-electron chi connectivity index (χ2n) is 7.49. The van der Waals surface area contributed by atoms with Crippen molar-refractivity contribution < 1.29 is 14.3 Å². The van der Waals surface area contributed by atoms with Gasteiger partial charge in [0.15, 0.2) is 5.11 Å². The molecule has 0 saturated carbocycles. The summed E-state index contributed by atoms with van der Waals surface area (Å²) in [5, 5.41) is 6.58. The molecule has 1 heterocycles. The first kappa shape index (κ1) is 22.2. The quantitative estimate of drug-likeness (QED) is 0.380. The van der Waals surface area contributed by atoms with Gasteiger partial charge in [-0.1, -0.05) is 42.5 Å². The third-order valence-corrected chi connectivity index (χ3v) is 6.77. The number of rotatable bonds is 5. The van der Waals surface area contributed by atoms with E-state index in [4.69, 9.17) is 17.0 Å². The zero-order chi connectivity index (χ0) is 22.5. The number of ether oxygens (including phenoxy) is 1. The monoisotopic (exact) mass is 464 g/mol. The molecule has 4 rings (SSSR count). The number of hydrogen-bond acceptors (Lipinski definition) is 5. The van der Waals surface area contributed by atoms with Crippen molar-refractivity contribution in [2.75, 3.05) is 11.9 Å². The van der Waals surface area contributed by atoms with Crippen LogP contribution in [-0.4, -0.2) is 23.6 Å². The number of carbonyl (C=O) groups excluding carboxylic acids is 2. The van der Waals surface area contributed by atoms with Crippen molar-refractivity contribution in [1.82, 2.24) is 5.32 Å². The molecule has 5 nitrogen and oxygen atoms in total. The summed E-state index contributed by atoms with van der Waals surface area (Å²) in [6.45, 7) is 2.10. The molecule has 0 spiro atoms. The molecule has 2 aromatic carbocycles. The molecule has 7 heteroatoms. The summed E-state index contributed by atoms with van der Waals surface area (Å²) in [5.41, 5.74) is 4.23. The van der Waals surface area contributed by atoms with Crippen LogP contribution in [0.25, 0.3) is 11.1 Å². The Bertz CT molecular complexity index is 1140. The second-order valence-corrected chi connectivity index (χ2v) is 9.00. The summed E-state index contributed by atoms with van der Waals surface area (Å²) in [7, 11) is 0. The van der Waals surface area contributed by atoms with Crippen molar-refractivity contribution in [3.05, 3.63) is 76.2 Å². The highest BCUT2D eigenvalue weighted by atomic mass is 32.1. The molecular weight excluding hydrogens is 440 g/mol. The Morgan fingerprint density at radius 1 is 1.00 bits per heavy atom. The number of esters is 1. The van der Waals surface area contributed by atoms with E-state index in [2.05, 4.69) is 10.6 Å². The van der Waals surface area contributed by atoms with Crippen molar-refractivity contribution in [2.45, 2.75) is 32.6 Å². The first-order valence-electron chi connectivity index (χ1n) is 10.7. The van der Waals surface area contributed by atoms with E-state index in [0.717, 1.165) is 42.4 Å². The lowest BCUT2D eigenvalue weighted by molar-refractivity contribution is 0.0526. The smallest absolute Gasteiger partial charge is 0.341 e. The SMILES string of the molecule is CCOC(=O)c1c(NC(=S)NC(=O)c2ccc(-c3ccccc3)cc2)sc2c1CCCC2. The minimum Gasteiger partial charge on any atom is -0.462 e. The molecule has 1 amide bonds. The summed E-state index contributed by atoms with van der Waals surface area (Å²) >= 11 is 6.89. The molecule has 0 fully saturated rings. The Balaban J connectivity index is 1.46. The standard InChI is InChI=1S/C25H24N2O3S2/c1-2-30-24(29)21-19-10-6-7-11-20(19)32-23(21)27-25(31)26-22(28)18-14-12-17(13-15-18)16-8-4-3-5-9-16/h3-5,8-9,12-15H,2,6-7,10-11H2,1H3,(H2,26,27,28,31). The number of anilines is 1. The second kappa shape index (κ2) is 10.1. The van der Waals surface area contributed by atoms with Crippen molar-refractivity contribution in [1.29, 1.82) is 0 Å². The highest BCUT2D eigenvalue weighted by molar-refractivity contribution is 7.80. The van der Waals surface area contributed by atoms with Crippen LogP contribution >= 0.6 is 23.6 Å². The van der Waals surface area contributed by atoms with Crippen LogP contribution < -0.4 is 10.6 Å². The Morgan fingerprint density at radius 3 is 2.41 bits per heavy atom. The molecule has 1 aliphatic rings. The summed E-state index contributed by atoms with van der Waals surface area (Å²) < 4.78 is 5.27. The number of hydrogen-bond donors (Lipinski definition) is 2. The maximum Gasteiger partial charge on any atom is 0.341 e. The molecule has 0 bridgehead atoms. The van der Waals surface area contributed by atoms with Crippen molar-refractivity contribution in [3.63, 3.8) is 0 Å². The molecule has 0 radical (unpaired) electrons. The van der Waals surface area contributed by atoms with Crippen LogP contribution in [-0.2, 0) is 17.6 Å². The van der Waals surface area contributed by atoms with Crippen LogP contribution in [0.3, 0.4) is 0 Å². The van der Waals surface area contributed by atoms with E-state index in [1.54, 1.807) is 19.1 Å². The number of fused-ring (bicyclic) bond motifs is 1. The van der Waals surface area contributed by atoms with Crippen molar-refractivity contribution in [3.8, 4) is 11.1 Å². The molecule has 2 N–H and O–H groups in total. The van der Waals surface area contributed by atoms with E-state index in [0.29, 0.717) is 22.7 Å². The third-order valence-electron chi connectivity index (χ3n) is 5.36. The van der Waals surface area contributed by atoms with Crippen LogP contribution in [0.5, 0.6) is 0 Å². The highest BCUT2D eigenvalue weighted by Gasteiger charge is 2.27. The van der Waals surface area contributed by atoms with E-state index >= 15 is 0 Å². The number of thiophene rings is 1. The van der Waals surface area contributed by atoms with Crippen LogP contribution in [0.4, 0.5) is 5.00 Å². The van der Waals surface area contributed by atoms with Gasteiger partial charge < -0.3 is 10.1 Å². The fourth-order valence-electron chi connectivity index (χ4n) is 3.83. The van der Waals surface area contributed by atoms with Gasteiger partial charge in [0.05, 0.1) is 12.2 Å². The third kappa shape index (κ3) is 4.89. The van der Waals surface area contributed by atoms with Crippen molar-refractivity contribution >= 4 is 45.5 Å². The van der Waals surface area contributed by atoms with Crippen LogP contribution in [0.2, 0.25) is 0 Å². The molecule has 0 saturated heterocycles. The summed E-state index contributed by atoms with van der Waals surface area (Å²) in [4.78, 5) is 26.5. The van der Waals surface area contributed by atoms with E-state index in [-0.39, 0.29) is 17.0 Å². The predicted octanol–water partition coefficient (Wildman–Crippen LogP) is 5.60. The number of aryl methyl sites for hydroxylation is 1. The normalized spacial score (nSPS) is 12.5. The minimum absolute atomic E-state index is 0.159. The number of carbonyl (C=O) groups is 2. The first-order valence-corrected chi connectivity index (χ1v) is 11.9. The molecule has 0 aliphatic heterocycles. The van der Waals surface area contributed by atoms with Gasteiger partial charge in [-0.25, -0.2) is 4.79 Å². The maximum atomic E-state index is 12.7. The number of thiocarbonyl (C=S) groups is 1. The zero-order valence-electron chi connectivity index (χ0n) is 17.8. The average molecular weight is 465 g/mol. The van der Waals surface area contributed by atoms with Gasteiger partial charge in [0, 0.05) is 10.4 Å². The van der Waals surface area contributed by atoms with Crippen LogP contribution in [0, 0.1) is 0 Å². The van der Waals surface area contributed by atoms with Crippen molar-refractivity contribution in [2.24, 2.45) is 0 Å². The van der Waals surface area contributed by atoms with Gasteiger partial charge in [-0.2, -0.15) is 0 Å². The highest BCUT2D eigenvalue weighted by Crippen LogP contribution is 2.38. The molecule has 0 unspecified atom stereocenters. The Labute approximate surface area is 196 Å². The fourth-order valence-corrected chi connectivity index (χ4v) is 5.37. The van der Waals surface area contributed by atoms with E-state index in [9.17, 15) is 9.59 Å². The first-order chi connectivity index (χ1) is 15.6. The predicted molar refractivity (Wildman–Crippen MR) is 132 cm³/mol. The van der Waals surface area contributed by atoms with E-state index in [1.165, 1.54) is 16.2 Å². The van der Waals surface area contributed by atoms with Gasteiger partial charge in [-0.15, -0.1) is 11.3 Å². The number of benzene rings is 2. The Kier molecular flexibility index (Phi) is 6.97. The zero-order valence-corrected chi connectivity index (χ0v) is 19.4. The lowest BCUT2D eigenvalue weighted by atomic mass is 9.95. The lowest BCUT2D eigenvalue weighted by Gasteiger charge is -2.13. The summed E-state index contributed by atoms with van der Waals surface area (Å²) in [6, 6.07) is 17.3. The average Bonchev–Trinajstić information content (AvgIpc) is 3.17. The summed E-state index contributed by atoms with van der Waals surface area (Å²) in [5.74, 6) is -0.652. The minimum atomic E-state index is -0.347. The Morgan fingerprint density at radius 2 is 1.69 bits per heavy atom. The molecule has 32 heavy (non-hydrogen) atoms. The van der Waals surface area contributed by atoms with Gasteiger partial charge >= 0.3 is 5.97 Å². The molecular formula is C25H24N2O3S2.